The second-order valence-electron chi connectivity index (χ2n) is 4.05. The lowest BCUT2D eigenvalue weighted by molar-refractivity contribution is 0.268. The van der Waals surface area contributed by atoms with Gasteiger partial charge in [-0.05, 0) is 28.1 Å². The SMILES string of the molecule is Fc1c(C#CCN2CCNCC2)ccc(Br)c1Cl. The van der Waals surface area contributed by atoms with Crippen molar-refractivity contribution >= 4 is 27.5 Å². The van der Waals surface area contributed by atoms with E-state index in [1.54, 1.807) is 12.1 Å². The summed E-state index contributed by atoms with van der Waals surface area (Å²) in [6.07, 6.45) is 0. The Bertz CT molecular complexity index is 490. The molecule has 0 unspecified atom stereocenters. The third-order valence-electron chi connectivity index (χ3n) is 2.77. The molecular weight excluding hydrogens is 319 g/mol. The first-order valence-corrected chi connectivity index (χ1v) is 6.91. The Morgan fingerprint density at radius 3 is 2.83 bits per heavy atom. The van der Waals surface area contributed by atoms with Crippen LogP contribution in [0.4, 0.5) is 4.39 Å². The molecule has 0 bridgehead atoms. The van der Waals surface area contributed by atoms with E-state index in [2.05, 4.69) is 38.0 Å². The van der Waals surface area contributed by atoms with E-state index in [4.69, 9.17) is 11.6 Å². The monoisotopic (exact) mass is 330 g/mol. The lowest BCUT2D eigenvalue weighted by Crippen LogP contribution is -2.43. The molecule has 1 aromatic rings. The largest absolute Gasteiger partial charge is 0.314 e. The molecule has 0 radical (unpaired) electrons. The highest BCUT2D eigenvalue weighted by Crippen LogP contribution is 2.26. The smallest absolute Gasteiger partial charge is 0.158 e. The molecule has 5 heteroatoms. The van der Waals surface area contributed by atoms with Crippen LogP contribution < -0.4 is 5.32 Å². The molecule has 1 N–H and O–H groups in total. The number of piperazine rings is 1. The minimum atomic E-state index is -0.459. The Hall–Kier alpha value is -0.600. The maximum atomic E-state index is 13.7. The Balaban J connectivity index is 2.03. The fourth-order valence-corrected chi connectivity index (χ4v) is 2.21. The van der Waals surface area contributed by atoms with Crippen molar-refractivity contribution in [2.45, 2.75) is 0 Å². The maximum Gasteiger partial charge on any atom is 0.158 e. The van der Waals surface area contributed by atoms with Crippen LogP contribution >= 0.6 is 27.5 Å². The molecule has 18 heavy (non-hydrogen) atoms. The van der Waals surface area contributed by atoms with E-state index in [0.717, 1.165) is 26.2 Å². The molecule has 2 nitrogen and oxygen atoms in total. The van der Waals surface area contributed by atoms with E-state index in [0.29, 0.717) is 16.6 Å². The van der Waals surface area contributed by atoms with Crippen molar-refractivity contribution in [3.63, 3.8) is 0 Å². The van der Waals surface area contributed by atoms with Gasteiger partial charge >= 0.3 is 0 Å². The van der Waals surface area contributed by atoms with Crippen molar-refractivity contribution in [2.75, 3.05) is 32.7 Å². The molecule has 0 atom stereocenters. The van der Waals surface area contributed by atoms with Crippen LogP contribution in [0.3, 0.4) is 0 Å². The van der Waals surface area contributed by atoms with Crippen molar-refractivity contribution < 1.29 is 4.39 Å². The van der Waals surface area contributed by atoms with E-state index < -0.39 is 5.82 Å². The Morgan fingerprint density at radius 1 is 1.39 bits per heavy atom. The predicted molar refractivity (Wildman–Crippen MR) is 75.3 cm³/mol. The standard InChI is InChI=1S/C13H13BrClFN2/c14-11-4-3-10(13(16)12(11)15)2-1-7-18-8-5-17-6-9-18/h3-4,17H,5-9H2. The number of nitrogens with one attached hydrogen (secondary N) is 1. The molecule has 0 saturated carbocycles. The van der Waals surface area contributed by atoms with Gasteiger partial charge < -0.3 is 5.32 Å². The van der Waals surface area contributed by atoms with Gasteiger partial charge in [-0.2, -0.15) is 0 Å². The quantitative estimate of drug-likeness (QED) is 0.628. The minimum Gasteiger partial charge on any atom is -0.314 e. The lowest BCUT2D eigenvalue weighted by Gasteiger charge is -2.24. The minimum absolute atomic E-state index is 0.0870. The predicted octanol–water partition coefficient (Wildman–Crippen LogP) is 2.50. The zero-order chi connectivity index (χ0) is 13.0. The molecule has 0 amide bonds. The zero-order valence-corrected chi connectivity index (χ0v) is 12.1. The van der Waals surface area contributed by atoms with Crippen LogP contribution in [0.1, 0.15) is 5.56 Å². The van der Waals surface area contributed by atoms with E-state index >= 15 is 0 Å². The number of benzene rings is 1. The van der Waals surface area contributed by atoms with Gasteiger partial charge in [-0.1, -0.05) is 23.4 Å². The molecule has 1 aliphatic heterocycles. The van der Waals surface area contributed by atoms with Crippen LogP contribution in [0.2, 0.25) is 5.02 Å². The van der Waals surface area contributed by atoms with E-state index in [1.165, 1.54) is 0 Å². The molecule has 1 fully saturated rings. The fourth-order valence-electron chi connectivity index (χ4n) is 1.74. The normalized spacial score (nSPS) is 16.2. The van der Waals surface area contributed by atoms with Gasteiger partial charge in [0, 0.05) is 30.7 Å². The molecular formula is C13H13BrClFN2. The first kappa shape index (κ1) is 13.8. The lowest BCUT2D eigenvalue weighted by atomic mass is 10.2. The summed E-state index contributed by atoms with van der Waals surface area (Å²) >= 11 is 8.98. The number of rotatable bonds is 1. The first-order valence-electron chi connectivity index (χ1n) is 5.74. The van der Waals surface area contributed by atoms with Crippen LogP contribution in [0.15, 0.2) is 16.6 Å². The molecule has 1 saturated heterocycles. The van der Waals surface area contributed by atoms with E-state index in [-0.39, 0.29) is 5.02 Å². The van der Waals surface area contributed by atoms with Crippen LogP contribution in [0.25, 0.3) is 0 Å². The Labute approximate surface area is 120 Å². The van der Waals surface area contributed by atoms with Crippen molar-refractivity contribution in [3.8, 4) is 11.8 Å². The van der Waals surface area contributed by atoms with Crippen molar-refractivity contribution in [3.05, 3.63) is 33.0 Å². The second-order valence-corrected chi connectivity index (χ2v) is 5.28. The highest BCUT2D eigenvalue weighted by molar-refractivity contribution is 9.10. The second kappa shape index (κ2) is 6.53. The van der Waals surface area contributed by atoms with E-state index in [9.17, 15) is 4.39 Å². The average molecular weight is 332 g/mol. The van der Waals surface area contributed by atoms with Gasteiger partial charge in [0.15, 0.2) is 5.82 Å². The van der Waals surface area contributed by atoms with Crippen LogP contribution in [-0.4, -0.2) is 37.6 Å². The van der Waals surface area contributed by atoms with Gasteiger partial charge in [-0.25, -0.2) is 4.39 Å². The van der Waals surface area contributed by atoms with Gasteiger partial charge in [-0.3, -0.25) is 4.90 Å². The van der Waals surface area contributed by atoms with Gasteiger partial charge in [0.2, 0.25) is 0 Å². The molecule has 0 spiro atoms. The van der Waals surface area contributed by atoms with Crippen LogP contribution in [0.5, 0.6) is 0 Å². The van der Waals surface area contributed by atoms with Gasteiger partial charge in [0.1, 0.15) is 0 Å². The van der Waals surface area contributed by atoms with Crippen molar-refractivity contribution in [1.82, 2.24) is 10.2 Å². The Morgan fingerprint density at radius 2 is 2.11 bits per heavy atom. The molecule has 1 heterocycles. The number of hydrogen-bond acceptors (Lipinski definition) is 2. The third-order valence-corrected chi connectivity index (χ3v) is 4.03. The summed E-state index contributed by atoms with van der Waals surface area (Å²) in [5.74, 6) is 5.37. The number of nitrogens with zero attached hydrogens (tertiary/aromatic N) is 1. The van der Waals surface area contributed by atoms with Gasteiger partial charge in [0.25, 0.3) is 0 Å². The molecule has 2 rings (SSSR count). The summed E-state index contributed by atoms with van der Waals surface area (Å²) < 4.78 is 14.3. The summed E-state index contributed by atoms with van der Waals surface area (Å²) in [7, 11) is 0. The number of hydrogen-bond donors (Lipinski definition) is 1. The van der Waals surface area contributed by atoms with Crippen molar-refractivity contribution in [1.29, 1.82) is 0 Å². The average Bonchev–Trinajstić information content (AvgIpc) is 2.40. The van der Waals surface area contributed by atoms with Gasteiger partial charge in [-0.15, -0.1) is 0 Å². The molecule has 0 aliphatic carbocycles. The van der Waals surface area contributed by atoms with Crippen molar-refractivity contribution in [2.24, 2.45) is 0 Å². The fraction of sp³-hybridized carbons (Fsp3) is 0.385. The topological polar surface area (TPSA) is 15.3 Å². The maximum absolute atomic E-state index is 13.7. The van der Waals surface area contributed by atoms with E-state index in [1.807, 2.05) is 0 Å². The Kier molecular flexibility index (Phi) is 5.02. The molecule has 96 valence electrons. The summed E-state index contributed by atoms with van der Waals surface area (Å²) in [5, 5.41) is 3.36. The molecule has 0 aromatic heterocycles. The zero-order valence-electron chi connectivity index (χ0n) is 9.77. The first-order chi connectivity index (χ1) is 8.68. The summed E-state index contributed by atoms with van der Waals surface area (Å²) in [4.78, 5) is 2.24. The molecule has 1 aromatic carbocycles. The summed E-state index contributed by atoms with van der Waals surface area (Å²) in [6, 6.07) is 3.34. The third kappa shape index (κ3) is 3.46. The van der Waals surface area contributed by atoms with Crippen LogP contribution in [-0.2, 0) is 0 Å². The van der Waals surface area contributed by atoms with Gasteiger partial charge in [0.05, 0.1) is 17.1 Å². The number of halogens is 3. The summed E-state index contributed by atoms with van der Waals surface area (Å²) in [6.45, 7) is 4.60. The van der Waals surface area contributed by atoms with Crippen LogP contribution in [0, 0.1) is 17.7 Å². The highest BCUT2D eigenvalue weighted by atomic mass is 79.9. The summed E-state index contributed by atoms with van der Waals surface area (Å²) in [5.41, 5.74) is 0.346. The highest BCUT2D eigenvalue weighted by Gasteiger charge is 2.09. The molecule has 1 aliphatic rings.